The Morgan fingerprint density at radius 3 is 2.24 bits per heavy atom. The predicted molar refractivity (Wildman–Crippen MR) is 102 cm³/mol. The molecule has 0 aliphatic carbocycles. The Balaban J connectivity index is 1.49. The van der Waals surface area contributed by atoms with Gasteiger partial charge >= 0.3 is 0 Å². The summed E-state index contributed by atoms with van der Waals surface area (Å²) in [5.41, 5.74) is 2.48. The largest absolute Gasteiger partial charge is 0.353 e. The van der Waals surface area contributed by atoms with E-state index < -0.39 is 0 Å². The zero-order valence-electron chi connectivity index (χ0n) is 15.0. The molecule has 0 saturated carbocycles. The third kappa shape index (κ3) is 4.93. The lowest BCUT2D eigenvalue weighted by atomic mass is 9.94. The van der Waals surface area contributed by atoms with Crippen molar-refractivity contribution in [3.05, 3.63) is 71.8 Å². The van der Waals surface area contributed by atoms with Gasteiger partial charge in [-0.05, 0) is 30.4 Å². The quantitative estimate of drug-likeness (QED) is 0.866. The highest BCUT2D eigenvalue weighted by Gasteiger charge is 2.24. The van der Waals surface area contributed by atoms with Crippen LogP contribution in [0.2, 0.25) is 0 Å². The Kier molecular flexibility index (Phi) is 6.24. The number of piperidine rings is 1. The van der Waals surface area contributed by atoms with E-state index >= 15 is 0 Å². The number of likely N-dealkylation sites (tertiary alicyclic amines) is 1. The van der Waals surface area contributed by atoms with Gasteiger partial charge in [0.15, 0.2) is 0 Å². The smallest absolute Gasteiger partial charge is 0.227 e. The lowest BCUT2D eigenvalue weighted by Gasteiger charge is -2.33. The number of hydrogen-bond acceptors (Lipinski definition) is 2. The molecule has 1 fully saturated rings. The average molecular weight is 336 g/mol. The van der Waals surface area contributed by atoms with Gasteiger partial charge < -0.3 is 5.32 Å². The van der Waals surface area contributed by atoms with E-state index in [1.807, 2.05) is 18.2 Å². The first-order chi connectivity index (χ1) is 12.3. The lowest BCUT2D eigenvalue weighted by molar-refractivity contribution is -0.123. The van der Waals surface area contributed by atoms with Gasteiger partial charge in [0, 0.05) is 25.7 Å². The molecule has 1 heterocycles. The number of amides is 1. The summed E-state index contributed by atoms with van der Waals surface area (Å²) in [5, 5.41) is 3.29. The summed E-state index contributed by atoms with van der Waals surface area (Å²) < 4.78 is 0. The van der Waals surface area contributed by atoms with Crippen molar-refractivity contribution in [1.29, 1.82) is 0 Å². The van der Waals surface area contributed by atoms with Crippen molar-refractivity contribution in [1.82, 2.24) is 10.2 Å². The summed E-state index contributed by atoms with van der Waals surface area (Å²) in [4.78, 5) is 15.2. The molecule has 1 aliphatic heterocycles. The first kappa shape index (κ1) is 17.7. The molecular formula is C22H28N2O. The molecule has 2 aromatic rings. The van der Waals surface area contributed by atoms with Crippen molar-refractivity contribution in [2.75, 3.05) is 13.1 Å². The number of carbonyl (C=O) groups is 1. The zero-order valence-corrected chi connectivity index (χ0v) is 15.0. The van der Waals surface area contributed by atoms with Crippen LogP contribution in [0.3, 0.4) is 0 Å². The minimum Gasteiger partial charge on any atom is -0.353 e. The summed E-state index contributed by atoms with van der Waals surface area (Å²) in [6.45, 7) is 5.17. The van der Waals surface area contributed by atoms with Crippen molar-refractivity contribution < 1.29 is 4.79 Å². The number of carbonyl (C=O) groups excluding carboxylic acids is 1. The number of nitrogens with one attached hydrogen (secondary N) is 1. The molecule has 1 amide bonds. The van der Waals surface area contributed by atoms with E-state index in [1.54, 1.807) is 0 Å². The Morgan fingerprint density at radius 2 is 1.64 bits per heavy atom. The van der Waals surface area contributed by atoms with E-state index in [4.69, 9.17) is 0 Å². The van der Waals surface area contributed by atoms with Gasteiger partial charge in [-0.1, -0.05) is 67.6 Å². The second-order valence-corrected chi connectivity index (χ2v) is 6.92. The van der Waals surface area contributed by atoms with Gasteiger partial charge in [-0.15, -0.1) is 0 Å². The maximum Gasteiger partial charge on any atom is 0.227 e. The van der Waals surface area contributed by atoms with Crippen LogP contribution in [0.4, 0.5) is 0 Å². The molecule has 0 unspecified atom stereocenters. The standard InChI is InChI=1S/C22H28N2O/c1-2-21(19-11-7-4-8-12-19)22(25)23-20-13-15-24(16-14-20)17-18-9-5-3-6-10-18/h3-12,20-21H,2,13-17H2,1H3,(H,23,25)/t21-/m1/s1. The van der Waals surface area contributed by atoms with Gasteiger partial charge in [-0.3, -0.25) is 9.69 Å². The van der Waals surface area contributed by atoms with E-state index in [-0.39, 0.29) is 11.8 Å². The highest BCUT2D eigenvalue weighted by Crippen LogP contribution is 2.21. The second-order valence-electron chi connectivity index (χ2n) is 6.92. The zero-order chi connectivity index (χ0) is 17.5. The lowest BCUT2D eigenvalue weighted by Crippen LogP contribution is -2.45. The summed E-state index contributed by atoms with van der Waals surface area (Å²) in [6, 6.07) is 21.0. The second kappa shape index (κ2) is 8.82. The van der Waals surface area contributed by atoms with E-state index in [0.29, 0.717) is 6.04 Å². The molecule has 1 saturated heterocycles. The highest BCUT2D eigenvalue weighted by molar-refractivity contribution is 5.83. The predicted octanol–water partition coefficient (Wildman–Crippen LogP) is 3.96. The molecule has 3 heteroatoms. The van der Waals surface area contributed by atoms with Crippen molar-refractivity contribution >= 4 is 5.91 Å². The fourth-order valence-corrected chi connectivity index (χ4v) is 3.64. The SMILES string of the molecule is CC[C@@H](C(=O)NC1CCN(Cc2ccccc2)CC1)c1ccccc1. The third-order valence-corrected chi connectivity index (χ3v) is 5.11. The Bertz CT molecular complexity index is 648. The van der Waals surface area contributed by atoms with Crippen LogP contribution in [0.15, 0.2) is 60.7 Å². The highest BCUT2D eigenvalue weighted by atomic mass is 16.1. The van der Waals surface area contributed by atoms with Crippen LogP contribution in [0.5, 0.6) is 0 Å². The molecule has 0 spiro atoms. The van der Waals surface area contributed by atoms with Crippen molar-refractivity contribution in [2.45, 2.75) is 44.7 Å². The molecule has 132 valence electrons. The monoisotopic (exact) mass is 336 g/mol. The van der Waals surface area contributed by atoms with Crippen LogP contribution in [0, 0.1) is 0 Å². The molecule has 3 rings (SSSR count). The Hall–Kier alpha value is -2.13. The minimum absolute atomic E-state index is 0.0384. The maximum absolute atomic E-state index is 12.7. The molecule has 0 bridgehead atoms. The first-order valence-electron chi connectivity index (χ1n) is 9.38. The number of hydrogen-bond donors (Lipinski definition) is 1. The fraction of sp³-hybridized carbons (Fsp3) is 0.409. The summed E-state index contributed by atoms with van der Waals surface area (Å²) in [6.07, 6.45) is 2.90. The average Bonchev–Trinajstić information content (AvgIpc) is 2.66. The molecule has 3 nitrogen and oxygen atoms in total. The first-order valence-corrected chi connectivity index (χ1v) is 9.38. The van der Waals surface area contributed by atoms with Gasteiger partial charge in [-0.25, -0.2) is 0 Å². The summed E-state index contributed by atoms with van der Waals surface area (Å²) >= 11 is 0. The van der Waals surface area contributed by atoms with Crippen LogP contribution in [0.1, 0.15) is 43.2 Å². The number of nitrogens with zero attached hydrogens (tertiary/aromatic N) is 1. The molecule has 1 atom stereocenters. The van der Waals surface area contributed by atoms with E-state index in [2.05, 4.69) is 59.6 Å². The van der Waals surface area contributed by atoms with Gasteiger partial charge in [-0.2, -0.15) is 0 Å². The maximum atomic E-state index is 12.7. The van der Waals surface area contributed by atoms with Crippen LogP contribution < -0.4 is 5.32 Å². The number of benzene rings is 2. The normalized spacial score (nSPS) is 17.2. The number of rotatable bonds is 6. The molecular weight excluding hydrogens is 308 g/mol. The topological polar surface area (TPSA) is 32.3 Å². The van der Waals surface area contributed by atoms with Crippen LogP contribution in [0.25, 0.3) is 0 Å². The molecule has 2 aromatic carbocycles. The molecule has 0 radical (unpaired) electrons. The Labute approximate surface area is 151 Å². The minimum atomic E-state index is -0.0384. The van der Waals surface area contributed by atoms with E-state index in [0.717, 1.165) is 44.5 Å². The molecule has 1 aliphatic rings. The van der Waals surface area contributed by atoms with E-state index in [1.165, 1.54) is 5.56 Å². The van der Waals surface area contributed by atoms with Gasteiger partial charge in [0.25, 0.3) is 0 Å². The molecule has 1 N–H and O–H groups in total. The molecule has 0 aromatic heterocycles. The third-order valence-electron chi connectivity index (χ3n) is 5.11. The molecule has 25 heavy (non-hydrogen) atoms. The van der Waals surface area contributed by atoms with Crippen LogP contribution >= 0.6 is 0 Å². The Morgan fingerprint density at radius 1 is 1.04 bits per heavy atom. The van der Waals surface area contributed by atoms with E-state index in [9.17, 15) is 4.79 Å². The van der Waals surface area contributed by atoms with Crippen molar-refractivity contribution in [3.63, 3.8) is 0 Å². The van der Waals surface area contributed by atoms with Crippen molar-refractivity contribution in [2.24, 2.45) is 0 Å². The van der Waals surface area contributed by atoms with Crippen LogP contribution in [-0.2, 0) is 11.3 Å². The van der Waals surface area contributed by atoms with Gasteiger partial charge in [0.2, 0.25) is 5.91 Å². The van der Waals surface area contributed by atoms with Crippen molar-refractivity contribution in [3.8, 4) is 0 Å². The fourth-order valence-electron chi connectivity index (χ4n) is 3.64. The van der Waals surface area contributed by atoms with Gasteiger partial charge in [0.05, 0.1) is 5.92 Å². The summed E-state index contributed by atoms with van der Waals surface area (Å²) in [5.74, 6) is 0.138. The summed E-state index contributed by atoms with van der Waals surface area (Å²) in [7, 11) is 0. The van der Waals surface area contributed by atoms with Crippen LogP contribution in [-0.4, -0.2) is 29.9 Å². The van der Waals surface area contributed by atoms with Gasteiger partial charge in [0.1, 0.15) is 0 Å².